The number of carbonyl (C=O) groups is 3. The second-order valence-electron chi connectivity index (χ2n) is 8.80. The minimum Gasteiger partial charge on any atom is -0.465 e. The molecule has 2 aromatic rings. The van der Waals surface area contributed by atoms with Crippen LogP contribution in [0.5, 0.6) is 0 Å². The van der Waals surface area contributed by atoms with Crippen molar-refractivity contribution in [3.05, 3.63) is 41.7 Å². The Labute approximate surface area is 186 Å². The summed E-state index contributed by atoms with van der Waals surface area (Å²) in [7, 11) is 1.47. The summed E-state index contributed by atoms with van der Waals surface area (Å²) in [6, 6.07) is 6.13. The van der Waals surface area contributed by atoms with Crippen LogP contribution in [0, 0.1) is 5.41 Å². The van der Waals surface area contributed by atoms with Crippen LogP contribution >= 0.6 is 0 Å². The Balaban J connectivity index is 1.85. The highest BCUT2D eigenvalue weighted by Gasteiger charge is 2.44. The highest BCUT2D eigenvalue weighted by atomic mass is 16.4. The van der Waals surface area contributed by atoms with Crippen molar-refractivity contribution in [1.82, 2.24) is 25.5 Å². The molecular weight excluding hydrogens is 412 g/mol. The highest BCUT2D eigenvalue weighted by molar-refractivity contribution is 5.97. The zero-order valence-corrected chi connectivity index (χ0v) is 18.5. The third-order valence-electron chi connectivity index (χ3n) is 5.51. The molecule has 2 atom stereocenters. The van der Waals surface area contributed by atoms with Gasteiger partial charge in [-0.05, 0) is 24.0 Å². The molecule has 1 aromatic heterocycles. The third-order valence-corrected chi connectivity index (χ3v) is 5.51. The minimum absolute atomic E-state index is 0.00703. The topological polar surface area (TPSA) is 151 Å². The van der Waals surface area contributed by atoms with Crippen LogP contribution in [0.1, 0.15) is 48.0 Å². The Morgan fingerprint density at radius 1 is 1.22 bits per heavy atom. The highest BCUT2D eigenvalue weighted by Crippen LogP contribution is 2.33. The summed E-state index contributed by atoms with van der Waals surface area (Å²) in [6.45, 7) is 6.25. The molecular formula is C22H28N6O4. The summed E-state index contributed by atoms with van der Waals surface area (Å²) >= 11 is 0. The van der Waals surface area contributed by atoms with E-state index in [9.17, 15) is 19.5 Å². The van der Waals surface area contributed by atoms with Gasteiger partial charge in [-0.3, -0.25) is 9.59 Å². The molecule has 170 valence electrons. The number of nitrogens with one attached hydrogen (secondary N) is 2. The van der Waals surface area contributed by atoms with E-state index in [2.05, 4.69) is 20.6 Å². The van der Waals surface area contributed by atoms with E-state index in [0.717, 1.165) is 0 Å². The number of benzene rings is 1. The van der Waals surface area contributed by atoms with Gasteiger partial charge in [-0.2, -0.15) is 0 Å². The Morgan fingerprint density at radius 3 is 2.56 bits per heavy atom. The number of hydrogen-bond acceptors (Lipinski definition) is 6. The fourth-order valence-corrected chi connectivity index (χ4v) is 4.12. The molecule has 0 bridgehead atoms. The summed E-state index contributed by atoms with van der Waals surface area (Å²) in [5.74, 6) is -0.754. The molecule has 1 fully saturated rings. The van der Waals surface area contributed by atoms with Crippen LogP contribution in [-0.4, -0.2) is 63.6 Å². The summed E-state index contributed by atoms with van der Waals surface area (Å²) < 4.78 is 0. The number of nitrogen functional groups attached to an aromatic ring is 1. The number of likely N-dealkylation sites (tertiary alicyclic amines) is 1. The Kier molecular flexibility index (Phi) is 6.33. The van der Waals surface area contributed by atoms with Crippen LogP contribution in [0.4, 0.5) is 10.6 Å². The molecule has 2 heterocycles. The fraction of sp³-hybridized carbons (Fsp3) is 0.409. The summed E-state index contributed by atoms with van der Waals surface area (Å²) in [4.78, 5) is 46.3. The van der Waals surface area contributed by atoms with Crippen LogP contribution in [0.25, 0.3) is 11.3 Å². The molecule has 1 saturated heterocycles. The zero-order valence-electron chi connectivity index (χ0n) is 18.5. The number of carboxylic acid groups (broad SMARTS) is 1. The molecule has 0 aliphatic carbocycles. The van der Waals surface area contributed by atoms with Crippen LogP contribution in [-0.2, 0) is 0 Å². The van der Waals surface area contributed by atoms with Gasteiger partial charge in [-0.1, -0.05) is 32.9 Å². The van der Waals surface area contributed by atoms with E-state index in [1.54, 1.807) is 24.3 Å². The smallest absolute Gasteiger partial charge is 0.407 e. The fourth-order valence-electron chi connectivity index (χ4n) is 4.12. The van der Waals surface area contributed by atoms with Gasteiger partial charge in [0, 0.05) is 24.7 Å². The lowest BCUT2D eigenvalue weighted by atomic mass is 9.82. The summed E-state index contributed by atoms with van der Waals surface area (Å²) in [5.41, 5.74) is 6.81. The molecule has 10 heteroatoms. The first kappa shape index (κ1) is 23.0. The van der Waals surface area contributed by atoms with Crippen LogP contribution in [0.3, 0.4) is 0 Å². The average molecular weight is 441 g/mol. The van der Waals surface area contributed by atoms with E-state index in [0.29, 0.717) is 29.8 Å². The van der Waals surface area contributed by atoms with E-state index in [-0.39, 0.29) is 34.9 Å². The number of nitrogens with zero attached hydrogens (tertiary/aromatic N) is 3. The second-order valence-corrected chi connectivity index (χ2v) is 8.80. The number of carbonyl (C=O) groups excluding carboxylic acids is 2. The van der Waals surface area contributed by atoms with Crippen molar-refractivity contribution in [2.75, 3.05) is 19.3 Å². The van der Waals surface area contributed by atoms with E-state index < -0.39 is 12.0 Å². The van der Waals surface area contributed by atoms with E-state index in [4.69, 9.17) is 5.73 Å². The van der Waals surface area contributed by atoms with Crippen LogP contribution in [0.15, 0.2) is 30.5 Å². The van der Waals surface area contributed by atoms with Crippen molar-refractivity contribution < 1.29 is 19.5 Å². The molecule has 0 radical (unpaired) electrons. The molecule has 32 heavy (non-hydrogen) atoms. The van der Waals surface area contributed by atoms with E-state index in [1.807, 2.05) is 20.8 Å². The Morgan fingerprint density at radius 2 is 1.94 bits per heavy atom. The monoisotopic (exact) mass is 440 g/mol. The summed E-state index contributed by atoms with van der Waals surface area (Å²) in [6.07, 6.45) is 0.992. The molecule has 1 unspecified atom stereocenters. The largest absolute Gasteiger partial charge is 0.465 e. The first-order valence-electron chi connectivity index (χ1n) is 10.3. The lowest BCUT2D eigenvalue weighted by molar-refractivity contribution is 0.0826. The van der Waals surface area contributed by atoms with Crippen molar-refractivity contribution >= 4 is 23.7 Å². The van der Waals surface area contributed by atoms with Crippen LogP contribution < -0.4 is 16.4 Å². The molecule has 1 aliphatic rings. The van der Waals surface area contributed by atoms with Gasteiger partial charge in [0.15, 0.2) is 11.5 Å². The predicted molar refractivity (Wildman–Crippen MR) is 119 cm³/mol. The van der Waals surface area contributed by atoms with Crippen molar-refractivity contribution in [3.63, 3.8) is 0 Å². The number of nitrogens with two attached hydrogens (primary N) is 1. The number of anilines is 1. The van der Waals surface area contributed by atoms with Crippen molar-refractivity contribution in [2.24, 2.45) is 5.41 Å². The van der Waals surface area contributed by atoms with Gasteiger partial charge in [0.05, 0.1) is 24.0 Å². The number of rotatable bonds is 4. The van der Waals surface area contributed by atoms with Gasteiger partial charge in [0.2, 0.25) is 0 Å². The molecule has 0 spiro atoms. The molecule has 3 rings (SSSR count). The van der Waals surface area contributed by atoms with Gasteiger partial charge < -0.3 is 26.4 Å². The van der Waals surface area contributed by atoms with Crippen molar-refractivity contribution in [2.45, 2.75) is 39.3 Å². The lowest BCUT2D eigenvalue weighted by Crippen LogP contribution is -2.52. The van der Waals surface area contributed by atoms with Crippen molar-refractivity contribution in [3.8, 4) is 11.3 Å². The normalized spacial score (nSPS) is 18.3. The van der Waals surface area contributed by atoms with Gasteiger partial charge in [0.25, 0.3) is 11.8 Å². The van der Waals surface area contributed by atoms with Gasteiger partial charge in [0.1, 0.15) is 0 Å². The number of amides is 3. The number of hydrogen-bond donors (Lipinski definition) is 4. The quantitative estimate of drug-likeness (QED) is 0.567. The molecule has 1 aliphatic heterocycles. The maximum Gasteiger partial charge on any atom is 0.407 e. The molecule has 1 aromatic carbocycles. The Hall–Kier alpha value is -3.69. The van der Waals surface area contributed by atoms with Crippen LogP contribution in [0.2, 0.25) is 0 Å². The zero-order chi connectivity index (χ0) is 23.6. The Bertz CT molecular complexity index is 1050. The molecule has 10 nitrogen and oxygen atoms in total. The lowest BCUT2D eigenvalue weighted by Gasteiger charge is -2.37. The van der Waals surface area contributed by atoms with Gasteiger partial charge in [-0.15, -0.1) is 0 Å². The second kappa shape index (κ2) is 8.81. The molecule has 3 amide bonds. The first-order valence-corrected chi connectivity index (χ1v) is 10.3. The third kappa shape index (κ3) is 4.63. The van der Waals surface area contributed by atoms with E-state index >= 15 is 0 Å². The van der Waals surface area contributed by atoms with E-state index in [1.165, 1.54) is 18.1 Å². The van der Waals surface area contributed by atoms with Crippen molar-refractivity contribution in [1.29, 1.82) is 0 Å². The SMILES string of the molecule is CNC(=O)c1nc(-c2cccc(C(=O)N[C@@H]3CCN(C(=O)O)C3C(C)(C)C)c2)cnc1N. The standard InChI is InChI=1S/C22H28N6O4/c1-22(2,3)17-14(8-9-28(17)21(31)32)27-19(29)13-7-5-6-12(10-13)15-11-25-18(23)16(26-15)20(30)24-4/h5-7,10-11,14,17H,8-9H2,1-4H3,(H2,23,25)(H,24,30)(H,27,29)(H,31,32)/t14-,17?/m1/s1. The first-order chi connectivity index (χ1) is 15.0. The van der Waals surface area contributed by atoms with Gasteiger partial charge in [-0.25, -0.2) is 14.8 Å². The molecule has 5 N–H and O–H groups in total. The minimum atomic E-state index is -0.988. The average Bonchev–Trinajstić information content (AvgIpc) is 3.18. The maximum absolute atomic E-state index is 13.0. The number of aromatic nitrogens is 2. The predicted octanol–water partition coefficient (Wildman–Crippen LogP) is 1.98. The maximum atomic E-state index is 13.0. The summed E-state index contributed by atoms with van der Waals surface area (Å²) in [5, 5.41) is 15.0. The molecule has 0 saturated carbocycles. The van der Waals surface area contributed by atoms with Gasteiger partial charge >= 0.3 is 6.09 Å².